The Morgan fingerprint density at radius 3 is 2.35 bits per heavy atom. The number of carboxylic acids is 1. The molecule has 1 heterocycles. The first kappa shape index (κ1) is 14.5. The van der Waals surface area contributed by atoms with Gasteiger partial charge in [0.25, 0.3) is 0 Å². The topological polar surface area (TPSA) is 63.1 Å². The van der Waals surface area contributed by atoms with Crippen molar-refractivity contribution in [1.82, 2.24) is 10.2 Å². The Morgan fingerprint density at radius 2 is 1.80 bits per heavy atom. The van der Waals surface area contributed by atoms with E-state index in [2.05, 4.69) is 43.1 Å². The summed E-state index contributed by atoms with van der Waals surface area (Å²) in [5, 5.41) is 17.2. The van der Waals surface area contributed by atoms with E-state index in [4.69, 9.17) is 5.11 Å². The van der Waals surface area contributed by atoms with Crippen LogP contribution in [0.5, 0.6) is 0 Å². The number of nitrogens with zero attached hydrogens (tertiary/aromatic N) is 2. The fourth-order valence-corrected chi connectivity index (χ4v) is 2.54. The summed E-state index contributed by atoms with van der Waals surface area (Å²) in [4.78, 5) is 12.1. The minimum Gasteiger partial charge on any atom is -0.478 e. The summed E-state index contributed by atoms with van der Waals surface area (Å²) in [6, 6.07) is 9.52. The van der Waals surface area contributed by atoms with Gasteiger partial charge in [0.1, 0.15) is 5.03 Å². The maximum Gasteiger partial charge on any atom is 0.338 e. The van der Waals surface area contributed by atoms with E-state index >= 15 is 0 Å². The minimum absolute atomic E-state index is 0.0992. The Bertz CT molecular complexity index is 619. The molecule has 1 N–H and O–H groups in total. The van der Waals surface area contributed by atoms with Crippen molar-refractivity contribution < 1.29 is 9.90 Å². The lowest BCUT2D eigenvalue weighted by molar-refractivity contribution is 0.0692. The summed E-state index contributed by atoms with van der Waals surface area (Å²) >= 11 is 1.31. The Hall–Kier alpha value is -1.88. The molecule has 0 amide bonds. The van der Waals surface area contributed by atoms with Crippen LogP contribution in [0.2, 0.25) is 0 Å². The van der Waals surface area contributed by atoms with E-state index < -0.39 is 5.97 Å². The lowest BCUT2D eigenvalue weighted by atomic mass is 9.87. The molecule has 104 valence electrons. The van der Waals surface area contributed by atoms with E-state index in [-0.39, 0.29) is 11.0 Å². The molecule has 0 radical (unpaired) electrons. The van der Waals surface area contributed by atoms with Crippen molar-refractivity contribution in [3.63, 3.8) is 0 Å². The quantitative estimate of drug-likeness (QED) is 0.934. The largest absolute Gasteiger partial charge is 0.478 e. The molecule has 5 heteroatoms. The van der Waals surface area contributed by atoms with Gasteiger partial charge >= 0.3 is 5.97 Å². The number of carboxylic acid groups (broad SMARTS) is 1. The molecule has 1 aromatic heterocycles. The van der Waals surface area contributed by atoms with Crippen LogP contribution < -0.4 is 0 Å². The lowest BCUT2D eigenvalue weighted by Gasteiger charge is -2.19. The van der Waals surface area contributed by atoms with Crippen molar-refractivity contribution >= 4 is 17.7 Å². The molecule has 0 unspecified atom stereocenters. The zero-order valence-corrected chi connectivity index (χ0v) is 12.4. The molecule has 0 spiro atoms. The van der Waals surface area contributed by atoms with Crippen LogP contribution in [0.3, 0.4) is 0 Å². The molecule has 0 fully saturated rings. The molecular formula is C15H16N2O2S. The van der Waals surface area contributed by atoms with Gasteiger partial charge in [-0.2, -0.15) is 5.10 Å². The summed E-state index contributed by atoms with van der Waals surface area (Å²) in [6.07, 6.45) is 1.39. The fourth-order valence-electron chi connectivity index (χ4n) is 1.69. The first-order chi connectivity index (χ1) is 9.38. The Labute approximate surface area is 122 Å². The zero-order chi connectivity index (χ0) is 14.8. The number of hydrogen-bond donors (Lipinski definition) is 1. The van der Waals surface area contributed by atoms with E-state index in [1.165, 1.54) is 29.6 Å². The third-order valence-corrected chi connectivity index (χ3v) is 3.85. The molecule has 0 bridgehead atoms. The second kappa shape index (κ2) is 5.63. The molecule has 0 atom stereocenters. The van der Waals surface area contributed by atoms with Gasteiger partial charge in [0, 0.05) is 4.90 Å². The Balaban J connectivity index is 2.25. The van der Waals surface area contributed by atoms with E-state index in [0.29, 0.717) is 5.03 Å². The summed E-state index contributed by atoms with van der Waals surface area (Å²) in [5.74, 6) is -0.992. The molecule has 0 saturated heterocycles. The van der Waals surface area contributed by atoms with Gasteiger partial charge in [0.05, 0.1) is 11.8 Å². The molecule has 1 aromatic carbocycles. The highest BCUT2D eigenvalue weighted by Gasteiger charge is 2.15. The van der Waals surface area contributed by atoms with Crippen LogP contribution in [-0.4, -0.2) is 21.3 Å². The van der Waals surface area contributed by atoms with E-state index in [1.54, 1.807) is 0 Å². The second-order valence-corrected chi connectivity index (χ2v) is 6.49. The SMILES string of the molecule is CC(C)(C)c1ccc(Sc2nnccc2C(=O)O)cc1. The van der Waals surface area contributed by atoms with Gasteiger partial charge in [-0.25, -0.2) is 4.79 Å². The zero-order valence-electron chi connectivity index (χ0n) is 11.6. The predicted molar refractivity (Wildman–Crippen MR) is 78.3 cm³/mol. The molecule has 4 nitrogen and oxygen atoms in total. The maximum atomic E-state index is 11.1. The molecule has 0 aliphatic rings. The Kier molecular flexibility index (Phi) is 4.09. The van der Waals surface area contributed by atoms with Crippen LogP contribution in [0.4, 0.5) is 0 Å². The molecule has 20 heavy (non-hydrogen) atoms. The van der Waals surface area contributed by atoms with Gasteiger partial charge in [-0.05, 0) is 29.2 Å². The van der Waals surface area contributed by atoms with Gasteiger partial charge < -0.3 is 5.11 Å². The standard InChI is InChI=1S/C15H16N2O2S/c1-15(2,3)10-4-6-11(7-5-10)20-13-12(14(18)19)8-9-16-17-13/h4-9H,1-3H3,(H,18,19). The third-order valence-electron chi connectivity index (χ3n) is 2.85. The maximum absolute atomic E-state index is 11.1. The van der Waals surface area contributed by atoms with Crippen molar-refractivity contribution in [3.05, 3.63) is 47.7 Å². The second-order valence-electron chi connectivity index (χ2n) is 5.43. The number of benzene rings is 1. The van der Waals surface area contributed by atoms with Gasteiger partial charge in [-0.1, -0.05) is 44.7 Å². The molecule has 2 rings (SSSR count). The van der Waals surface area contributed by atoms with Crippen LogP contribution in [-0.2, 0) is 5.41 Å². The predicted octanol–water partition coefficient (Wildman–Crippen LogP) is 3.62. The highest BCUT2D eigenvalue weighted by atomic mass is 32.2. The van der Waals surface area contributed by atoms with Crippen molar-refractivity contribution in [2.45, 2.75) is 36.1 Å². The summed E-state index contributed by atoms with van der Waals surface area (Å²) in [6.45, 7) is 6.46. The van der Waals surface area contributed by atoms with Gasteiger partial charge in [-0.15, -0.1) is 5.10 Å². The molecule has 0 saturated carbocycles. The number of rotatable bonds is 3. The number of hydrogen-bond acceptors (Lipinski definition) is 4. The smallest absolute Gasteiger partial charge is 0.338 e. The van der Waals surface area contributed by atoms with Gasteiger partial charge in [0.2, 0.25) is 0 Å². The normalized spacial score (nSPS) is 11.3. The van der Waals surface area contributed by atoms with Gasteiger partial charge in [0.15, 0.2) is 0 Å². The first-order valence-electron chi connectivity index (χ1n) is 6.21. The first-order valence-corrected chi connectivity index (χ1v) is 7.03. The summed E-state index contributed by atoms with van der Waals surface area (Å²) in [7, 11) is 0. The van der Waals surface area contributed by atoms with Crippen molar-refractivity contribution in [2.75, 3.05) is 0 Å². The highest BCUT2D eigenvalue weighted by molar-refractivity contribution is 7.99. The van der Waals surface area contributed by atoms with Gasteiger partial charge in [-0.3, -0.25) is 0 Å². The lowest BCUT2D eigenvalue weighted by Crippen LogP contribution is -2.10. The van der Waals surface area contributed by atoms with Crippen LogP contribution in [0.1, 0.15) is 36.7 Å². The van der Waals surface area contributed by atoms with Crippen LogP contribution in [0.15, 0.2) is 46.5 Å². The van der Waals surface area contributed by atoms with E-state index in [0.717, 1.165) is 4.90 Å². The molecular weight excluding hydrogens is 272 g/mol. The molecule has 0 aliphatic carbocycles. The van der Waals surface area contributed by atoms with Crippen molar-refractivity contribution in [3.8, 4) is 0 Å². The summed E-state index contributed by atoms with van der Waals surface area (Å²) < 4.78 is 0. The van der Waals surface area contributed by atoms with Crippen molar-refractivity contribution in [2.24, 2.45) is 0 Å². The number of aromatic carboxylic acids is 1. The van der Waals surface area contributed by atoms with Crippen LogP contribution in [0, 0.1) is 0 Å². The van der Waals surface area contributed by atoms with E-state index in [9.17, 15) is 4.79 Å². The number of aromatic nitrogens is 2. The average molecular weight is 288 g/mol. The summed E-state index contributed by atoms with van der Waals surface area (Å²) in [5.41, 5.74) is 1.51. The minimum atomic E-state index is -0.992. The third kappa shape index (κ3) is 3.36. The fraction of sp³-hybridized carbons (Fsp3) is 0.267. The van der Waals surface area contributed by atoms with E-state index in [1.807, 2.05) is 12.1 Å². The Morgan fingerprint density at radius 1 is 1.15 bits per heavy atom. The van der Waals surface area contributed by atoms with Crippen molar-refractivity contribution in [1.29, 1.82) is 0 Å². The van der Waals surface area contributed by atoms with Crippen LogP contribution >= 0.6 is 11.8 Å². The highest BCUT2D eigenvalue weighted by Crippen LogP contribution is 2.30. The molecule has 0 aliphatic heterocycles. The molecule has 2 aromatic rings. The monoisotopic (exact) mass is 288 g/mol. The van der Waals surface area contributed by atoms with Crippen LogP contribution in [0.25, 0.3) is 0 Å². The number of carbonyl (C=O) groups is 1. The average Bonchev–Trinajstić information content (AvgIpc) is 2.38.